The quantitative estimate of drug-likeness (QED) is 0.00843. The molecule has 648 valence electrons. The van der Waals surface area contributed by atoms with E-state index in [2.05, 4.69) is 160 Å². The summed E-state index contributed by atoms with van der Waals surface area (Å²) in [5, 5.41) is 18.2. The molecule has 121 heavy (non-hydrogen) atoms. The smallest absolute Gasteiger partial charge is 0.373 e. The van der Waals surface area contributed by atoms with Crippen LogP contribution in [0.4, 0.5) is 35.4 Å². The number of rotatable bonds is 31. The number of halogens is 4. The minimum absolute atomic E-state index is 0.124. The van der Waals surface area contributed by atoms with E-state index < -0.39 is 5.20 Å². The standard InChI is InChI=1S/C20H28N8O.C20H27N5O.C16H17ClN4O.C16H18N4O2.C4H11N.4CO2.Cl3OP/c1-4-6-9-22-19-15(16(5-2)23-20(21)24-19)12-14-10-13(7-8-17(14)29-3)11-18-25-27-28-26-18;1-5-7-10-23-19-16(17(6-2)24-20(21)25-19)12-15-11-14(13-22-3)8-9-18(15)26-4;1-4-13-12(15(17)21-16(18)20-13)8-11-7-10(9-19-2)5-6-14(11)22-3;1-4-13-12(15(21)20-16(17)19-13)8-11-7-10(9-18-2)5-6-14(11)22-3;1-2-3-4-5;4*2-1-3;1-5(2,3)4/h7-8,10H,4-6,9,11-12H2,1-3H3,(H3,21,22,23,24)(H,25,26,27,28);8-9,11H,5-7,10,12-13H2,1-2,4H3,(H3,21,23,24,25);5-7H,4,8-9H2,1,3H3,(H2,18,20,21);5-7H,4,8-9H2,1,3H3,(H3,17,19,20,21);2-5H2,1H3;;;;;. The van der Waals surface area contributed by atoms with E-state index in [4.69, 9.17) is 117 Å². The zero-order chi connectivity index (χ0) is 91.3. The van der Waals surface area contributed by atoms with Gasteiger partial charge in [0.15, 0.2) is 5.82 Å². The van der Waals surface area contributed by atoms with Crippen molar-refractivity contribution in [1.29, 1.82) is 0 Å². The van der Waals surface area contributed by atoms with Gasteiger partial charge in [-0.1, -0.05) is 96.7 Å². The van der Waals surface area contributed by atoms with Gasteiger partial charge in [-0.2, -0.15) is 53.5 Å². The number of nitrogens with zero attached hydrogens (tertiary/aromatic N) is 13. The third-order valence-corrected chi connectivity index (χ3v) is 16.6. The molecule has 36 nitrogen and oxygen atoms in total. The van der Waals surface area contributed by atoms with Crippen molar-refractivity contribution in [2.75, 3.05) is 81.6 Å². The van der Waals surface area contributed by atoms with Crippen LogP contribution in [0.2, 0.25) is 5.15 Å². The van der Waals surface area contributed by atoms with Gasteiger partial charge in [-0.25, -0.2) is 44.6 Å². The molecule has 14 N–H and O–H groups in total. The predicted octanol–water partition coefficient (Wildman–Crippen LogP) is 12.8. The van der Waals surface area contributed by atoms with Crippen LogP contribution in [-0.2, 0) is 120 Å². The fourth-order valence-corrected chi connectivity index (χ4v) is 11.4. The third kappa shape index (κ3) is 42.6. The van der Waals surface area contributed by atoms with Crippen molar-refractivity contribution in [1.82, 2.24) is 60.5 Å². The molecular weight excluding hydrogens is 1670 g/mol. The number of nitrogens with two attached hydrogens (primary N) is 5. The lowest BCUT2D eigenvalue weighted by Crippen LogP contribution is -2.20. The number of hydrogen-bond acceptors (Lipinski definition) is 31. The van der Waals surface area contributed by atoms with Gasteiger partial charge in [0.2, 0.25) is 43.4 Å². The molecule has 41 heteroatoms. The van der Waals surface area contributed by atoms with Gasteiger partial charge in [0.05, 0.1) is 51.2 Å². The number of tetrazole rings is 1. The number of anilines is 6. The van der Waals surface area contributed by atoms with Crippen LogP contribution in [0.5, 0.6) is 23.0 Å². The molecule has 0 spiro atoms. The highest BCUT2D eigenvalue weighted by molar-refractivity contribution is 8.24. The van der Waals surface area contributed by atoms with Crippen molar-refractivity contribution in [2.24, 2.45) is 5.73 Å². The Hall–Kier alpha value is -12.6. The molecule has 0 aliphatic heterocycles. The van der Waals surface area contributed by atoms with Crippen molar-refractivity contribution in [3.05, 3.63) is 218 Å². The number of carbonyl (C=O) groups excluding carboxylic acids is 8. The molecule has 9 aromatic rings. The number of methoxy groups -OCH3 is 4. The highest BCUT2D eigenvalue weighted by atomic mass is 36.0. The monoisotopic (exact) mass is 1760 g/mol. The number of unbranched alkanes of at least 4 members (excludes halogenated alkanes) is 3. The maximum absolute atomic E-state index is 12.2. The highest BCUT2D eigenvalue weighted by Gasteiger charge is 2.21. The van der Waals surface area contributed by atoms with E-state index in [0.29, 0.717) is 104 Å². The summed E-state index contributed by atoms with van der Waals surface area (Å²) in [6, 6.07) is 23.3. The van der Waals surface area contributed by atoms with Crippen molar-refractivity contribution >= 4 is 111 Å². The minimum atomic E-state index is -3.22. The van der Waals surface area contributed by atoms with Crippen molar-refractivity contribution in [3.8, 4) is 23.0 Å². The topological polar surface area (TPSA) is 535 Å². The molecule has 0 aliphatic carbocycles. The number of nitrogen functional groups attached to an aromatic ring is 4. The Morgan fingerprint density at radius 2 is 0.777 bits per heavy atom. The van der Waals surface area contributed by atoms with Crippen LogP contribution in [0.3, 0.4) is 0 Å². The first kappa shape index (κ1) is 108. The molecule has 0 aliphatic rings. The van der Waals surface area contributed by atoms with E-state index >= 15 is 0 Å². The second-order valence-corrected chi connectivity index (χ2v) is 31.5. The molecular formula is C80H101Cl4N22O14P. The first-order valence-corrected chi connectivity index (χ1v) is 42.0. The van der Waals surface area contributed by atoms with Crippen molar-refractivity contribution in [3.63, 3.8) is 0 Å². The molecule has 0 saturated heterocycles. The summed E-state index contributed by atoms with van der Waals surface area (Å²) in [5.74, 6) is 6.19. The Morgan fingerprint density at radius 3 is 1.08 bits per heavy atom. The van der Waals surface area contributed by atoms with Gasteiger partial charge in [0, 0.05) is 84.1 Å². The van der Waals surface area contributed by atoms with Gasteiger partial charge in [0.1, 0.15) is 39.8 Å². The zero-order valence-corrected chi connectivity index (χ0v) is 73.1. The molecule has 5 aromatic heterocycles. The first-order chi connectivity index (χ1) is 58.0. The summed E-state index contributed by atoms with van der Waals surface area (Å²) in [7, 11) is 6.54. The van der Waals surface area contributed by atoms with Crippen LogP contribution in [0, 0.1) is 19.7 Å². The summed E-state index contributed by atoms with van der Waals surface area (Å²) in [5.41, 5.74) is 42.7. The molecule has 5 heterocycles. The van der Waals surface area contributed by atoms with Gasteiger partial charge in [0.25, 0.3) is 5.56 Å². The van der Waals surface area contributed by atoms with Crippen molar-refractivity contribution < 1.29 is 61.9 Å². The van der Waals surface area contributed by atoms with Gasteiger partial charge in [-0.15, -0.1) is 10.2 Å². The SMILES string of the molecule is CCCCN.CCCCNc1nc(N)nc(CC)c1Cc1cc(Cc2nn[nH]n2)ccc1OC.O=C=O.O=C=O.O=C=O.O=C=O.O=P(Cl)(Cl)Cl.[C-]#[N+]Cc1ccc(OC)c(Cc2c(CC)nc(N)[nH]c2=O)c1.[C-]#[N+]Cc1ccc(OC)c(Cc2c(CC)nc(N)nc2NCCCC)c1.[C-]#[N+]Cc1ccc(OC)c(Cc2c(Cl)nc(N)nc2CC)c1. The fraction of sp³-hybridized carbons (Fsp3) is 0.400. The first-order valence-electron chi connectivity index (χ1n) is 37.2. The number of ether oxygens (including phenoxy) is 4. The van der Waals surface area contributed by atoms with Gasteiger partial charge < -0.3 is 72.8 Å². The number of aryl methyl sites for hydroxylation is 4. The van der Waals surface area contributed by atoms with E-state index in [-0.39, 0.29) is 42.1 Å². The number of hydrogen-bond donors (Lipinski definition) is 9. The Bertz CT molecular complexity index is 4960. The van der Waals surface area contributed by atoms with E-state index in [1.807, 2.05) is 80.6 Å². The zero-order valence-electron chi connectivity index (χ0n) is 69.2. The molecule has 0 atom stereocenters. The number of benzene rings is 4. The van der Waals surface area contributed by atoms with Crippen LogP contribution in [0.25, 0.3) is 14.5 Å². The van der Waals surface area contributed by atoms with Crippen LogP contribution >= 0.6 is 50.5 Å². The number of H-pyrrole nitrogens is 2. The molecule has 0 bridgehead atoms. The second kappa shape index (κ2) is 63.5. The third-order valence-electron chi connectivity index (χ3n) is 16.3. The average Bonchev–Trinajstić information content (AvgIpc) is 1.20. The Balaban J connectivity index is 0.00000147. The largest absolute Gasteiger partial charge is 0.496 e. The molecule has 0 unspecified atom stereocenters. The number of aromatic amines is 2. The molecule has 0 amide bonds. The second-order valence-electron chi connectivity index (χ2n) is 24.5. The van der Waals surface area contributed by atoms with E-state index in [1.165, 1.54) is 12.8 Å². The predicted molar refractivity (Wildman–Crippen MR) is 458 cm³/mol. The Kier molecular flexibility index (Phi) is 56.9. The normalized spacial score (nSPS) is 9.66. The lowest BCUT2D eigenvalue weighted by Gasteiger charge is -2.17. The Labute approximate surface area is 721 Å². The lowest BCUT2D eigenvalue weighted by molar-refractivity contribution is -0.193. The van der Waals surface area contributed by atoms with Gasteiger partial charge in [-0.05, 0) is 174 Å². The van der Waals surface area contributed by atoms with Crippen LogP contribution in [0.1, 0.15) is 182 Å². The highest BCUT2D eigenvalue weighted by Crippen LogP contribution is 2.61. The average molecular weight is 1770 g/mol. The molecule has 4 aromatic carbocycles. The van der Waals surface area contributed by atoms with Crippen LogP contribution in [-0.4, -0.2) is 133 Å². The molecule has 0 fully saturated rings. The van der Waals surface area contributed by atoms with Gasteiger partial charge in [-0.3, -0.25) is 14.3 Å². The maximum atomic E-state index is 12.2. The van der Waals surface area contributed by atoms with Crippen LogP contribution in [0.15, 0.2) is 77.6 Å². The number of aromatic nitrogens is 12. The fourth-order valence-electron chi connectivity index (χ4n) is 11.1. The minimum Gasteiger partial charge on any atom is -0.496 e. The Morgan fingerprint density at radius 1 is 0.463 bits per heavy atom. The molecule has 0 radical (unpaired) electrons. The summed E-state index contributed by atoms with van der Waals surface area (Å²) in [6.45, 7) is 39.1. The summed E-state index contributed by atoms with van der Waals surface area (Å²) < 4.78 is 31.4. The van der Waals surface area contributed by atoms with E-state index in [1.54, 1.807) is 28.4 Å². The maximum Gasteiger partial charge on any atom is 0.373 e. The van der Waals surface area contributed by atoms with Crippen molar-refractivity contribution in [2.45, 2.75) is 164 Å². The van der Waals surface area contributed by atoms with E-state index in [0.717, 1.165) is 165 Å². The summed E-state index contributed by atoms with van der Waals surface area (Å²) >= 11 is 20.1. The van der Waals surface area contributed by atoms with Crippen LogP contribution < -0.4 is 63.8 Å². The number of nitrogens with one attached hydrogen (secondary N) is 4. The summed E-state index contributed by atoms with van der Waals surface area (Å²) in [6.07, 6.45) is 13.4. The molecule has 0 saturated carbocycles. The summed E-state index contributed by atoms with van der Waals surface area (Å²) in [4.78, 5) is 120. The molecule has 9 rings (SSSR count). The lowest BCUT2D eigenvalue weighted by atomic mass is 9.98. The van der Waals surface area contributed by atoms with Gasteiger partial charge >= 0.3 is 29.8 Å². The van der Waals surface area contributed by atoms with E-state index in [9.17, 15) is 9.36 Å².